The van der Waals surface area contributed by atoms with Gasteiger partial charge in [0.25, 0.3) is 5.91 Å². The van der Waals surface area contributed by atoms with Crippen molar-refractivity contribution in [3.63, 3.8) is 0 Å². The van der Waals surface area contributed by atoms with Gasteiger partial charge in [-0.15, -0.1) is 0 Å². The highest BCUT2D eigenvalue weighted by Crippen LogP contribution is 2.37. The van der Waals surface area contributed by atoms with E-state index in [0.717, 1.165) is 17.7 Å². The normalized spacial score (nSPS) is 22.1. The minimum atomic E-state index is -0.801. The quantitative estimate of drug-likeness (QED) is 0.612. The maximum Gasteiger partial charge on any atom is 0.326 e. The van der Waals surface area contributed by atoms with E-state index in [1.807, 2.05) is 0 Å². The lowest BCUT2D eigenvalue weighted by atomic mass is 9.81. The largest absolute Gasteiger partial charge is 0.454 e. The average molecular weight is 380 g/mol. The van der Waals surface area contributed by atoms with Crippen molar-refractivity contribution in [3.05, 3.63) is 23.4 Å². The molecule has 0 unspecified atom stereocenters. The lowest BCUT2D eigenvalue weighted by Crippen LogP contribution is -2.37. The number of hydrogen-bond acceptors (Lipinski definition) is 6. The molecule has 1 N–H and O–H groups in total. The van der Waals surface area contributed by atoms with Crippen molar-refractivity contribution in [3.8, 4) is 0 Å². The number of pyridine rings is 1. The summed E-state index contributed by atoms with van der Waals surface area (Å²) in [6.07, 6.45) is 4.55. The van der Waals surface area contributed by atoms with Gasteiger partial charge in [-0.05, 0) is 25.0 Å². The van der Waals surface area contributed by atoms with E-state index >= 15 is 0 Å². The number of anilines is 1. The van der Waals surface area contributed by atoms with Crippen molar-refractivity contribution in [1.29, 1.82) is 0 Å². The molecule has 3 amide bonds. The van der Waals surface area contributed by atoms with Crippen LogP contribution in [0.4, 0.5) is 5.82 Å². The zero-order chi connectivity index (χ0) is 18.7. The van der Waals surface area contributed by atoms with E-state index in [-0.39, 0.29) is 29.5 Å². The monoisotopic (exact) mass is 379 g/mol. The Hall–Kier alpha value is -2.48. The molecule has 2 fully saturated rings. The van der Waals surface area contributed by atoms with E-state index in [2.05, 4.69) is 10.3 Å². The number of fused-ring (bicyclic) bond motifs is 1. The Morgan fingerprint density at radius 2 is 1.85 bits per heavy atom. The van der Waals surface area contributed by atoms with Crippen molar-refractivity contribution >= 4 is 41.1 Å². The van der Waals surface area contributed by atoms with Gasteiger partial charge >= 0.3 is 5.97 Å². The Bertz CT molecular complexity index is 712. The number of carbonyl (C=O) groups excluding carboxylic acids is 4. The van der Waals surface area contributed by atoms with Crippen LogP contribution in [0.2, 0.25) is 5.02 Å². The number of imide groups is 1. The fraction of sp³-hybridized carbons (Fsp3) is 0.471. The van der Waals surface area contributed by atoms with Gasteiger partial charge in [0.15, 0.2) is 6.61 Å². The van der Waals surface area contributed by atoms with Gasteiger partial charge in [-0.2, -0.15) is 0 Å². The Balaban J connectivity index is 1.48. The molecule has 8 nitrogen and oxygen atoms in total. The fourth-order valence-electron chi connectivity index (χ4n) is 3.34. The van der Waals surface area contributed by atoms with Crippen LogP contribution >= 0.6 is 11.6 Å². The number of nitrogens with one attached hydrogen (secondary N) is 1. The van der Waals surface area contributed by atoms with Crippen molar-refractivity contribution in [2.75, 3.05) is 18.5 Å². The summed E-state index contributed by atoms with van der Waals surface area (Å²) in [4.78, 5) is 53.1. The molecule has 1 aliphatic carbocycles. The molecule has 2 heterocycles. The SMILES string of the molecule is O=C(COC(=O)CN1C(=O)[C@@H]2CCCC[C@H]2C1=O)Nc1ccc(Cl)cn1. The van der Waals surface area contributed by atoms with Gasteiger partial charge in [0.05, 0.1) is 16.9 Å². The van der Waals surface area contributed by atoms with Gasteiger partial charge < -0.3 is 10.1 Å². The van der Waals surface area contributed by atoms with Crippen LogP contribution in [0.1, 0.15) is 25.7 Å². The smallest absolute Gasteiger partial charge is 0.326 e. The summed E-state index contributed by atoms with van der Waals surface area (Å²) in [5.74, 6) is -2.38. The second-order valence-electron chi connectivity index (χ2n) is 6.33. The third-order valence-corrected chi connectivity index (χ3v) is 4.80. The molecule has 9 heteroatoms. The van der Waals surface area contributed by atoms with Crippen molar-refractivity contribution in [1.82, 2.24) is 9.88 Å². The van der Waals surface area contributed by atoms with Gasteiger partial charge in [0.2, 0.25) is 11.8 Å². The number of nitrogens with zero attached hydrogens (tertiary/aromatic N) is 2. The minimum Gasteiger partial charge on any atom is -0.454 e. The van der Waals surface area contributed by atoms with Gasteiger partial charge in [-0.25, -0.2) is 4.98 Å². The number of halogens is 1. The number of carbonyl (C=O) groups is 4. The van der Waals surface area contributed by atoms with Crippen molar-refractivity contribution in [2.45, 2.75) is 25.7 Å². The first kappa shape index (κ1) is 18.3. The molecule has 1 aliphatic heterocycles. The molecule has 1 aromatic rings. The number of amides is 3. The molecule has 138 valence electrons. The van der Waals surface area contributed by atoms with E-state index in [9.17, 15) is 19.2 Å². The van der Waals surface area contributed by atoms with E-state index in [1.165, 1.54) is 12.3 Å². The Morgan fingerprint density at radius 1 is 1.19 bits per heavy atom. The lowest BCUT2D eigenvalue weighted by molar-refractivity contribution is -0.154. The van der Waals surface area contributed by atoms with Crippen molar-refractivity contribution < 1.29 is 23.9 Å². The minimum absolute atomic E-state index is 0.268. The van der Waals surface area contributed by atoms with Crippen molar-refractivity contribution in [2.24, 2.45) is 11.8 Å². The summed E-state index contributed by atoms with van der Waals surface area (Å²) in [7, 11) is 0. The average Bonchev–Trinajstić information content (AvgIpc) is 2.87. The predicted octanol–water partition coefficient (Wildman–Crippen LogP) is 1.39. The van der Waals surface area contributed by atoms with Gasteiger partial charge in [-0.1, -0.05) is 24.4 Å². The molecule has 0 aromatic carbocycles. The standard InChI is InChI=1S/C17H18ClN3O5/c18-10-5-6-13(19-7-10)20-14(22)9-26-15(23)8-21-16(24)11-3-1-2-4-12(11)17(21)25/h5-7,11-12H,1-4,8-9H2,(H,19,20,22)/t11-,12-/m1/s1. The first-order chi connectivity index (χ1) is 12.5. The fourth-order valence-corrected chi connectivity index (χ4v) is 3.45. The molecule has 3 rings (SSSR count). The molecule has 0 bridgehead atoms. The van der Waals surface area contributed by atoms with Crippen LogP contribution in [0.3, 0.4) is 0 Å². The van der Waals surface area contributed by atoms with Crippen LogP contribution < -0.4 is 5.32 Å². The summed E-state index contributed by atoms with van der Waals surface area (Å²) in [5, 5.41) is 2.87. The molecule has 1 saturated carbocycles. The van der Waals surface area contributed by atoms with Gasteiger partial charge in [0.1, 0.15) is 12.4 Å². The van der Waals surface area contributed by atoms with Crippen LogP contribution in [-0.4, -0.2) is 46.7 Å². The summed E-state index contributed by atoms with van der Waals surface area (Å²) in [6, 6.07) is 3.06. The Kier molecular flexibility index (Phi) is 5.51. The zero-order valence-corrected chi connectivity index (χ0v) is 14.7. The summed E-state index contributed by atoms with van der Waals surface area (Å²) < 4.78 is 4.86. The van der Waals surface area contributed by atoms with Gasteiger partial charge in [-0.3, -0.25) is 24.1 Å². The van der Waals surface area contributed by atoms with Crippen LogP contribution in [0.25, 0.3) is 0 Å². The molecule has 1 aromatic heterocycles. The lowest BCUT2D eigenvalue weighted by Gasteiger charge is -2.19. The topological polar surface area (TPSA) is 106 Å². The second kappa shape index (κ2) is 7.82. The van der Waals surface area contributed by atoms with E-state index in [4.69, 9.17) is 16.3 Å². The molecule has 26 heavy (non-hydrogen) atoms. The summed E-state index contributed by atoms with van der Waals surface area (Å²) in [6.45, 7) is -0.997. The zero-order valence-electron chi connectivity index (χ0n) is 13.9. The summed E-state index contributed by atoms with van der Waals surface area (Å²) >= 11 is 5.70. The molecule has 1 saturated heterocycles. The molecule has 2 atom stereocenters. The molecular weight excluding hydrogens is 362 g/mol. The van der Waals surface area contributed by atoms with Crippen LogP contribution in [0.15, 0.2) is 18.3 Å². The Labute approximate surface area is 154 Å². The van der Waals surface area contributed by atoms with E-state index in [0.29, 0.717) is 17.9 Å². The number of ether oxygens (including phenoxy) is 1. The van der Waals surface area contributed by atoms with Crippen LogP contribution in [0.5, 0.6) is 0 Å². The second-order valence-corrected chi connectivity index (χ2v) is 6.77. The highest BCUT2D eigenvalue weighted by atomic mass is 35.5. The number of esters is 1. The molecule has 0 radical (unpaired) electrons. The first-order valence-corrected chi connectivity index (χ1v) is 8.76. The van der Waals surface area contributed by atoms with E-state index < -0.39 is 25.0 Å². The van der Waals surface area contributed by atoms with E-state index in [1.54, 1.807) is 6.07 Å². The predicted molar refractivity (Wildman–Crippen MR) is 91.0 cm³/mol. The van der Waals surface area contributed by atoms with Crippen LogP contribution in [0, 0.1) is 11.8 Å². The third kappa shape index (κ3) is 4.01. The first-order valence-electron chi connectivity index (χ1n) is 8.38. The number of hydrogen-bond donors (Lipinski definition) is 1. The van der Waals surface area contributed by atoms with Crippen LogP contribution in [-0.2, 0) is 23.9 Å². The molecular formula is C17H18ClN3O5. The maximum absolute atomic E-state index is 12.3. The third-order valence-electron chi connectivity index (χ3n) is 4.58. The molecule has 0 spiro atoms. The number of likely N-dealkylation sites (tertiary alicyclic amines) is 1. The number of rotatable bonds is 5. The van der Waals surface area contributed by atoms with Gasteiger partial charge in [0, 0.05) is 6.20 Å². The number of aromatic nitrogens is 1. The highest BCUT2D eigenvalue weighted by Gasteiger charge is 2.48. The highest BCUT2D eigenvalue weighted by molar-refractivity contribution is 6.30. The Morgan fingerprint density at radius 3 is 2.42 bits per heavy atom. The summed E-state index contributed by atoms with van der Waals surface area (Å²) in [5.41, 5.74) is 0. The molecule has 2 aliphatic rings. The maximum atomic E-state index is 12.3.